The summed E-state index contributed by atoms with van der Waals surface area (Å²) in [5.74, 6) is 0.409. The minimum absolute atomic E-state index is 0.221. The molecule has 0 aromatic heterocycles. The fourth-order valence-corrected chi connectivity index (χ4v) is 3.33. The minimum Gasteiger partial charge on any atom is -0.425 e. The Morgan fingerprint density at radius 3 is 1.92 bits per heavy atom. The summed E-state index contributed by atoms with van der Waals surface area (Å²) in [6.45, 7) is 0. The molecule has 0 spiro atoms. The van der Waals surface area contributed by atoms with Gasteiger partial charge in [-0.3, -0.25) is 4.79 Å². The lowest BCUT2D eigenvalue weighted by Gasteiger charge is -2.24. The van der Waals surface area contributed by atoms with Crippen LogP contribution in [0.1, 0.15) is 16.7 Å². The fourth-order valence-electron chi connectivity index (χ4n) is 3.33. The normalized spacial score (nSPS) is 19.4. The Balaban J connectivity index is 1.83. The van der Waals surface area contributed by atoms with Gasteiger partial charge in [0.25, 0.3) is 0 Å². The maximum Gasteiger partial charge on any atom is 0.326 e. The number of carbonyl (C=O) groups is 1. The second-order valence-electron chi connectivity index (χ2n) is 6.26. The van der Waals surface area contributed by atoms with Crippen LogP contribution in [-0.4, -0.2) is 5.97 Å². The van der Waals surface area contributed by atoms with Gasteiger partial charge in [0.1, 0.15) is 11.2 Å². The first-order valence-corrected chi connectivity index (χ1v) is 8.38. The number of carbonyl (C=O) groups excluding carboxylic acids is 1. The van der Waals surface area contributed by atoms with Gasteiger partial charge in [0.15, 0.2) is 0 Å². The van der Waals surface area contributed by atoms with Crippen LogP contribution in [-0.2, 0) is 21.4 Å². The highest BCUT2D eigenvalue weighted by Crippen LogP contribution is 2.40. The average molecular weight is 326 g/mol. The van der Waals surface area contributed by atoms with E-state index in [1.807, 2.05) is 97.1 Å². The smallest absolute Gasteiger partial charge is 0.326 e. The molecule has 122 valence electrons. The molecule has 0 fully saturated rings. The molecular weight excluding hydrogens is 308 g/mol. The van der Waals surface area contributed by atoms with Crippen LogP contribution < -0.4 is 0 Å². The molecule has 3 aromatic rings. The van der Waals surface area contributed by atoms with Crippen molar-refractivity contribution in [2.24, 2.45) is 0 Å². The van der Waals surface area contributed by atoms with Crippen LogP contribution in [0.3, 0.4) is 0 Å². The molecule has 2 nitrogen and oxygen atoms in total. The average Bonchev–Trinajstić information content (AvgIpc) is 3.01. The van der Waals surface area contributed by atoms with Crippen molar-refractivity contribution in [1.82, 2.24) is 0 Å². The van der Waals surface area contributed by atoms with Crippen LogP contribution in [0.15, 0.2) is 97.1 Å². The van der Waals surface area contributed by atoms with Gasteiger partial charge in [0.05, 0.1) is 0 Å². The van der Waals surface area contributed by atoms with Crippen LogP contribution in [0.25, 0.3) is 5.76 Å². The van der Waals surface area contributed by atoms with Gasteiger partial charge in [-0.25, -0.2) is 0 Å². The van der Waals surface area contributed by atoms with E-state index in [4.69, 9.17) is 4.74 Å². The van der Waals surface area contributed by atoms with Crippen molar-refractivity contribution < 1.29 is 9.53 Å². The predicted molar refractivity (Wildman–Crippen MR) is 98.8 cm³/mol. The predicted octanol–water partition coefficient (Wildman–Crippen LogP) is 4.77. The largest absolute Gasteiger partial charge is 0.425 e. The van der Waals surface area contributed by atoms with Gasteiger partial charge in [-0.1, -0.05) is 91.0 Å². The molecule has 0 bridgehead atoms. The molecule has 1 unspecified atom stereocenters. The maximum absolute atomic E-state index is 13.0. The van der Waals surface area contributed by atoms with Gasteiger partial charge in [-0.05, 0) is 23.6 Å². The van der Waals surface area contributed by atoms with E-state index in [1.165, 1.54) is 0 Å². The summed E-state index contributed by atoms with van der Waals surface area (Å²) in [5, 5.41) is 0. The zero-order chi connectivity index (χ0) is 17.1. The van der Waals surface area contributed by atoms with E-state index in [0.29, 0.717) is 12.2 Å². The third-order valence-corrected chi connectivity index (χ3v) is 4.62. The number of cyclic esters (lactones) is 1. The molecule has 25 heavy (non-hydrogen) atoms. The highest BCUT2D eigenvalue weighted by atomic mass is 16.5. The van der Waals surface area contributed by atoms with Gasteiger partial charge in [0, 0.05) is 5.56 Å². The standard InChI is InChI=1S/C23H18O2/c24-22-23(20-14-8-3-9-15-20,16-18-10-4-1-5-11-18)17-21(25-22)19-12-6-2-7-13-19/h1-15,17H,16H2. The van der Waals surface area contributed by atoms with Gasteiger partial charge in [-0.15, -0.1) is 0 Å². The monoisotopic (exact) mass is 326 g/mol. The molecule has 0 N–H and O–H groups in total. The maximum atomic E-state index is 13.0. The van der Waals surface area contributed by atoms with Gasteiger partial charge in [0.2, 0.25) is 0 Å². The molecule has 3 aromatic carbocycles. The third kappa shape index (κ3) is 2.87. The lowest BCUT2D eigenvalue weighted by Crippen LogP contribution is -2.33. The molecule has 4 rings (SSSR count). The summed E-state index contributed by atoms with van der Waals surface area (Å²) in [6, 6.07) is 29.7. The molecule has 0 amide bonds. The Morgan fingerprint density at radius 2 is 1.28 bits per heavy atom. The molecular formula is C23H18O2. The molecule has 2 heteroatoms. The first kappa shape index (κ1) is 15.4. The SMILES string of the molecule is O=C1OC(c2ccccc2)=CC1(Cc1ccccc1)c1ccccc1. The van der Waals surface area contributed by atoms with E-state index >= 15 is 0 Å². The number of esters is 1. The lowest BCUT2D eigenvalue weighted by molar-refractivity contribution is -0.139. The van der Waals surface area contributed by atoms with Crippen molar-refractivity contribution >= 4 is 11.7 Å². The summed E-state index contributed by atoms with van der Waals surface area (Å²) in [4.78, 5) is 13.0. The number of ether oxygens (including phenoxy) is 1. The Hall–Kier alpha value is -3.13. The van der Waals surface area contributed by atoms with Crippen molar-refractivity contribution in [3.8, 4) is 0 Å². The Kier molecular flexibility index (Phi) is 3.95. The molecule has 0 saturated carbocycles. The fraction of sp³-hybridized carbons (Fsp3) is 0.0870. The van der Waals surface area contributed by atoms with E-state index in [9.17, 15) is 4.79 Å². The Morgan fingerprint density at radius 1 is 0.720 bits per heavy atom. The minimum atomic E-state index is -0.798. The van der Waals surface area contributed by atoms with E-state index in [-0.39, 0.29) is 5.97 Å². The summed E-state index contributed by atoms with van der Waals surface area (Å²) in [6.07, 6.45) is 2.56. The number of rotatable bonds is 4. The number of benzene rings is 3. The van der Waals surface area contributed by atoms with Crippen LogP contribution >= 0.6 is 0 Å². The van der Waals surface area contributed by atoms with E-state index < -0.39 is 5.41 Å². The van der Waals surface area contributed by atoms with Crippen molar-refractivity contribution in [2.75, 3.05) is 0 Å². The van der Waals surface area contributed by atoms with E-state index in [2.05, 4.69) is 0 Å². The number of hydrogen-bond donors (Lipinski definition) is 0. The number of hydrogen-bond acceptors (Lipinski definition) is 2. The van der Waals surface area contributed by atoms with Crippen molar-refractivity contribution in [1.29, 1.82) is 0 Å². The van der Waals surface area contributed by atoms with E-state index in [1.54, 1.807) is 0 Å². The van der Waals surface area contributed by atoms with Crippen molar-refractivity contribution in [3.63, 3.8) is 0 Å². The van der Waals surface area contributed by atoms with E-state index in [0.717, 1.165) is 16.7 Å². The highest BCUT2D eigenvalue weighted by Gasteiger charge is 2.45. The van der Waals surface area contributed by atoms with Crippen LogP contribution in [0, 0.1) is 0 Å². The molecule has 1 aliphatic heterocycles. The second kappa shape index (κ2) is 6.40. The third-order valence-electron chi connectivity index (χ3n) is 4.62. The summed E-state index contributed by atoms with van der Waals surface area (Å²) in [5.41, 5.74) is 2.18. The molecule has 1 atom stereocenters. The Bertz CT molecular complexity index is 899. The van der Waals surface area contributed by atoms with Gasteiger partial charge >= 0.3 is 5.97 Å². The quantitative estimate of drug-likeness (QED) is 0.646. The van der Waals surface area contributed by atoms with Crippen LogP contribution in [0.5, 0.6) is 0 Å². The summed E-state index contributed by atoms with van der Waals surface area (Å²) in [7, 11) is 0. The highest BCUT2D eigenvalue weighted by molar-refractivity contribution is 5.96. The van der Waals surface area contributed by atoms with Gasteiger partial charge < -0.3 is 4.74 Å². The molecule has 0 aliphatic carbocycles. The Labute approximate surface area is 147 Å². The molecule has 1 heterocycles. The van der Waals surface area contributed by atoms with Gasteiger partial charge in [-0.2, -0.15) is 0 Å². The molecule has 0 saturated heterocycles. The topological polar surface area (TPSA) is 26.3 Å². The summed E-state index contributed by atoms with van der Waals surface area (Å²) >= 11 is 0. The van der Waals surface area contributed by atoms with Crippen LogP contribution in [0.4, 0.5) is 0 Å². The zero-order valence-electron chi connectivity index (χ0n) is 13.8. The van der Waals surface area contributed by atoms with Crippen LogP contribution in [0.2, 0.25) is 0 Å². The lowest BCUT2D eigenvalue weighted by atomic mass is 9.76. The first-order chi connectivity index (χ1) is 12.3. The van der Waals surface area contributed by atoms with Crippen molar-refractivity contribution in [3.05, 3.63) is 114 Å². The molecule has 1 aliphatic rings. The second-order valence-corrected chi connectivity index (χ2v) is 6.26. The summed E-state index contributed by atoms with van der Waals surface area (Å²) < 4.78 is 5.71. The van der Waals surface area contributed by atoms with Crippen molar-refractivity contribution in [2.45, 2.75) is 11.8 Å². The zero-order valence-corrected chi connectivity index (χ0v) is 13.8. The first-order valence-electron chi connectivity index (χ1n) is 8.38. The molecule has 0 radical (unpaired) electrons.